The lowest BCUT2D eigenvalue weighted by atomic mass is 9.99. The van der Waals surface area contributed by atoms with Crippen LogP contribution >= 0.6 is 0 Å². The Balaban J connectivity index is 1.86. The minimum Gasteiger partial charge on any atom is -0.366 e. The summed E-state index contributed by atoms with van der Waals surface area (Å²) in [5.74, 6) is -0.787. The quantitative estimate of drug-likeness (QED) is 0.773. The standard InChI is InChI=1S/C20H18N2O2/c1-13(17-11-5-7-14-6-2-3-10-18(14)17)22-20(24)16-9-4-8-15(12-16)19(21)23/h2-13H,1H3,(H2,21,23)(H,22,24)/t13-/m1/s1. The molecule has 0 heterocycles. The minimum absolute atomic E-state index is 0.166. The summed E-state index contributed by atoms with van der Waals surface area (Å²) in [5.41, 5.74) is 7.05. The highest BCUT2D eigenvalue weighted by atomic mass is 16.2. The Labute approximate surface area is 140 Å². The summed E-state index contributed by atoms with van der Waals surface area (Å²) >= 11 is 0. The summed E-state index contributed by atoms with van der Waals surface area (Å²) in [7, 11) is 0. The van der Waals surface area contributed by atoms with Crippen molar-refractivity contribution in [3.05, 3.63) is 83.4 Å². The first-order chi connectivity index (χ1) is 11.6. The molecule has 4 nitrogen and oxygen atoms in total. The second kappa shape index (κ2) is 6.54. The summed E-state index contributed by atoms with van der Waals surface area (Å²) < 4.78 is 0. The molecule has 0 radical (unpaired) electrons. The van der Waals surface area contributed by atoms with E-state index in [0.717, 1.165) is 16.3 Å². The van der Waals surface area contributed by atoms with E-state index in [1.54, 1.807) is 18.2 Å². The molecule has 0 unspecified atom stereocenters. The fraction of sp³-hybridized carbons (Fsp3) is 0.100. The molecule has 0 aliphatic heterocycles. The fourth-order valence-corrected chi connectivity index (χ4v) is 2.80. The second-order valence-electron chi connectivity index (χ2n) is 5.71. The average Bonchev–Trinajstić information content (AvgIpc) is 2.61. The van der Waals surface area contributed by atoms with Crippen LogP contribution in [0.2, 0.25) is 0 Å². The van der Waals surface area contributed by atoms with Crippen molar-refractivity contribution >= 4 is 22.6 Å². The number of rotatable bonds is 4. The third-order valence-corrected chi connectivity index (χ3v) is 4.05. The number of carbonyl (C=O) groups excluding carboxylic acids is 2. The van der Waals surface area contributed by atoms with Crippen LogP contribution in [0, 0.1) is 0 Å². The molecule has 3 rings (SSSR count). The van der Waals surface area contributed by atoms with Crippen molar-refractivity contribution in [3.8, 4) is 0 Å². The fourth-order valence-electron chi connectivity index (χ4n) is 2.80. The second-order valence-corrected chi connectivity index (χ2v) is 5.71. The van der Waals surface area contributed by atoms with Gasteiger partial charge in [-0.25, -0.2) is 0 Å². The van der Waals surface area contributed by atoms with Crippen LogP contribution in [0.1, 0.15) is 39.2 Å². The molecule has 0 aliphatic carbocycles. The molecule has 24 heavy (non-hydrogen) atoms. The zero-order valence-corrected chi connectivity index (χ0v) is 13.3. The van der Waals surface area contributed by atoms with Gasteiger partial charge in [0, 0.05) is 11.1 Å². The lowest BCUT2D eigenvalue weighted by Gasteiger charge is -2.17. The maximum Gasteiger partial charge on any atom is 0.251 e. The number of fused-ring (bicyclic) bond motifs is 1. The molecule has 3 N–H and O–H groups in total. The first-order valence-electron chi connectivity index (χ1n) is 7.74. The van der Waals surface area contributed by atoms with Crippen LogP contribution in [0.15, 0.2) is 66.7 Å². The van der Waals surface area contributed by atoms with Crippen molar-refractivity contribution < 1.29 is 9.59 Å². The molecule has 0 saturated heterocycles. The van der Waals surface area contributed by atoms with Crippen LogP contribution in [0.25, 0.3) is 10.8 Å². The van der Waals surface area contributed by atoms with Gasteiger partial charge in [0.1, 0.15) is 0 Å². The summed E-state index contributed by atoms with van der Waals surface area (Å²) in [4.78, 5) is 23.7. The molecule has 0 aromatic heterocycles. The summed E-state index contributed by atoms with van der Waals surface area (Å²) in [6.07, 6.45) is 0. The van der Waals surface area contributed by atoms with Crippen molar-refractivity contribution in [2.45, 2.75) is 13.0 Å². The van der Waals surface area contributed by atoms with Crippen molar-refractivity contribution in [1.82, 2.24) is 5.32 Å². The van der Waals surface area contributed by atoms with E-state index in [1.807, 2.05) is 49.4 Å². The van der Waals surface area contributed by atoms with Gasteiger partial charge in [0.25, 0.3) is 5.91 Å². The van der Waals surface area contributed by atoms with Crippen LogP contribution in [0.3, 0.4) is 0 Å². The molecular weight excluding hydrogens is 300 g/mol. The highest BCUT2D eigenvalue weighted by Gasteiger charge is 2.14. The highest BCUT2D eigenvalue weighted by Crippen LogP contribution is 2.24. The molecule has 4 heteroatoms. The third kappa shape index (κ3) is 3.13. The van der Waals surface area contributed by atoms with Gasteiger partial charge in [-0.15, -0.1) is 0 Å². The number of carbonyl (C=O) groups is 2. The highest BCUT2D eigenvalue weighted by molar-refractivity contribution is 5.99. The topological polar surface area (TPSA) is 72.2 Å². The van der Waals surface area contributed by atoms with E-state index in [0.29, 0.717) is 11.1 Å². The molecular formula is C20H18N2O2. The van der Waals surface area contributed by atoms with E-state index in [1.165, 1.54) is 6.07 Å². The van der Waals surface area contributed by atoms with Crippen molar-refractivity contribution in [1.29, 1.82) is 0 Å². The Bertz CT molecular complexity index is 913. The molecule has 0 spiro atoms. The van der Waals surface area contributed by atoms with Gasteiger partial charge in [0.05, 0.1) is 6.04 Å². The first-order valence-corrected chi connectivity index (χ1v) is 7.74. The van der Waals surface area contributed by atoms with Crippen LogP contribution in [-0.2, 0) is 0 Å². The van der Waals surface area contributed by atoms with Crippen molar-refractivity contribution in [2.24, 2.45) is 5.73 Å². The number of nitrogens with two attached hydrogens (primary N) is 1. The molecule has 0 bridgehead atoms. The van der Waals surface area contributed by atoms with Gasteiger partial charge in [0.2, 0.25) is 5.91 Å². The Kier molecular flexibility index (Phi) is 4.29. The average molecular weight is 318 g/mol. The SMILES string of the molecule is C[C@@H](NC(=O)c1cccc(C(N)=O)c1)c1cccc2ccccc12. The van der Waals surface area contributed by atoms with Crippen molar-refractivity contribution in [2.75, 3.05) is 0 Å². The largest absolute Gasteiger partial charge is 0.366 e. The number of nitrogens with one attached hydrogen (secondary N) is 1. The smallest absolute Gasteiger partial charge is 0.251 e. The van der Waals surface area contributed by atoms with E-state index in [2.05, 4.69) is 5.32 Å². The van der Waals surface area contributed by atoms with Gasteiger partial charge in [-0.2, -0.15) is 0 Å². The maximum atomic E-state index is 12.5. The number of hydrogen-bond donors (Lipinski definition) is 2. The Morgan fingerprint density at radius 1 is 0.917 bits per heavy atom. The number of amides is 2. The zero-order valence-electron chi connectivity index (χ0n) is 13.3. The Morgan fingerprint density at radius 3 is 2.38 bits per heavy atom. The predicted octanol–water partition coefficient (Wildman–Crippen LogP) is 3.43. The molecule has 0 aliphatic rings. The van der Waals surface area contributed by atoms with Gasteiger partial charge in [-0.1, -0.05) is 48.5 Å². The lowest BCUT2D eigenvalue weighted by molar-refractivity contribution is 0.0940. The van der Waals surface area contributed by atoms with Crippen LogP contribution < -0.4 is 11.1 Å². The molecule has 1 atom stereocenters. The van der Waals surface area contributed by atoms with Crippen molar-refractivity contribution in [3.63, 3.8) is 0 Å². The third-order valence-electron chi connectivity index (χ3n) is 4.05. The molecule has 2 amide bonds. The van der Waals surface area contributed by atoms with Gasteiger partial charge in [0.15, 0.2) is 0 Å². The monoisotopic (exact) mass is 318 g/mol. The zero-order chi connectivity index (χ0) is 17.1. The number of primary amides is 1. The van der Waals surface area contributed by atoms with Crippen LogP contribution in [-0.4, -0.2) is 11.8 Å². The van der Waals surface area contributed by atoms with Crippen LogP contribution in [0.4, 0.5) is 0 Å². The minimum atomic E-state index is -0.549. The van der Waals surface area contributed by atoms with Gasteiger partial charge >= 0.3 is 0 Å². The van der Waals surface area contributed by atoms with E-state index in [-0.39, 0.29) is 11.9 Å². The van der Waals surface area contributed by atoms with Gasteiger partial charge < -0.3 is 11.1 Å². The van der Waals surface area contributed by atoms with E-state index in [4.69, 9.17) is 5.73 Å². The Hall–Kier alpha value is -3.14. The maximum absolute atomic E-state index is 12.5. The number of benzene rings is 3. The van der Waals surface area contributed by atoms with Gasteiger partial charge in [-0.05, 0) is 41.5 Å². The number of hydrogen-bond acceptors (Lipinski definition) is 2. The lowest BCUT2D eigenvalue weighted by Crippen LogP contribution is -2.27. The van der Waals surface area contributed by atoms with E-state index < -0.39 is 5.91 Å². The molecule has 0 fully saturated rings. The molecule has 3 aromatic rings. The Morgan fingerprint density at radius 2 is 1.58 bits per heavy atom. The first kappa shape index (κ1) is 15.7. The predicted molar refractivity (Wildman–Crippen MR) is 94.8 cm³/mol. The summed E-state index contributed by atoms with van der Waals surface area (Å²) in [5, 5.41) is 5.22. The normalized spacial score (nSPS) is 11.9. The van der Waals surface area contributed by atoms with Gasteiger partial charge in [-0.3, -0.25) is 9.59 Å². The molecule has 120 valence electrons. The van der Waals surface area contributed by atoms with E-state index >= 15 is 0 Å². The van der Waals surface area contributed by atoms with Crippen LogP contribution in [0.5, 0.6) is 0 Å². The molecule has 0 saturated carbocycles. The van der Waals surface area contributed by atoms with E-state index in [9.17, 15) is 9.59 Å². The summed E-state index contributed by atoms with van der Waals surface area (Å²) in [6, 6.07) is 20.3. The molecule has 3 aromatic carbocycles. The summed E-state index contributed by atoms with van der Waals surface area (Å²) in [6.45, 7) is 1.94.